The zero-order valence-corrected chi connectivity index (χ0v) is 9.84. The van der Waals surface area contributed by atoms with Crippen LogP contribution in [0.2, 0.25) is 0 Å². The second-order valence-corrected chi connectivity index (χ2v) is 4.62. The molecule has 1 atom stereocenters. The molecule has 4 nitrogen and oxygen atoms in total. The molecule has 0 radical (unpaired) electrons. The second-order valence-electron chi connectivity index (χ2n) is 4.62. The van der Waals surface area contributed by atoms with Gasteiger partial charge >= 0.3 is 5.97 Å². The van der Waals surface area contributed by atoms with Crippen molar-refractivity contribution >= 4 is 17.6 Å². The van der Waals surface area contributed by atoms with Crippen LogP contribution in [-0.2, 0) is 15.1 Å². The summed E-state index contributed by atoms with van der Waals surface area (Å²) >= 11 is 0. The average Bonchev–Trinajstić information content (AvgIpc) is 2.89. The maximum absolute atomic E-state index is 12.4. The maximum Gasteiger partial charge on any atom is 0.340 e. The predicted molar refractivity (Wildman–Crippen MR) is 67.7 cm³/mol. The van der Waals surface area contributed by atoms with Crippen LogP contribution in [0.4, 0.5) is 5.69 Å². The van der Waals surface area contributed by atoms with Gasteiger partial charge in [-0.1, -0.05) is 36.4 Å². The van der Waals surface area contributed by atoms with Crippen molar-refractivity contribution in [3.05, 3.63) is 65.2 Å². The number of hydrogen-bond acceptors (Lipinski definition) is 3. The van der Waals surface area contributed by atoms with E-state index < -0.39 is 11.6 Å². The SMILES string of the molecule is O=C1OC2(C(=O)Nc3ccccc32)c2ccccc21. The highest BCUT2D eigenvalue weighted by molar-refractivity contribution is 6.13. The van der Waals surface area contributed by atoms with E-state index in [2.05, 4.69) is 5.32 Å². The summed E-state index contributed by atoms with van der Waals surface area (Å²) in [7, 11) is 0. The molecule has 1 spiro atoms. The van der Waals surface area contributed by atoms with Crippen LogP contribution in [0.3, 0.4) is 0 Å². The third kappa shape index (κ3) is 1.08. The van der Waals surface area contributed by atoms with Gasteiger partial charge in [-0.05, 0) is 12.1 Å². The molecule has 92 valence electrons. The Kier molecular flexibility index (Phi) is 1.75. The fourth-order valence-electron chi connectivity index (χ4n) is 2.82. The summed E-state index contributed by atoms with van der Waals surface area (Å²) in [6, 6.07) is 14.3. The van der Waals surface area contributed by atoms with Gasteiger partial charge in [-0.3, -0.25) is 4.79 Å². The van der Waals surface area contributed by atoms with Crippen LogP contribution < -0.4 is 5.32 Å². The summed E-state index contributed by atoms with van der Waals surface area (Å²) in [4.78, 5) is 24.4. The largest absolute Gasteiger partial charge is 0.435 e. The number of benzene rings is 2. The highest BCUT2D eigenvalue weighted by Gasteiger charge is 2.57. The molecule has 1 unspecified atom stereocenters. The topological polar surface area (TPSA) is 55.4 Å². The molecule has 2 aliphatic rings. The van der Waals surface area contributed by atoms with Crippen molar-refractivity contribution in [3.8, 4) is 0 Å². The first-order valence-electron chi connectivity index (χ1n) is 5.97. The van der Waals surface area contributed by atoms with Gasteiger partial charge in [0.05, 0.1) is 5.56 Å². The Morgan fingerprint density at radius 1 is 0.895 bits per heavy atom. The van der Waals surface area contributed by atoms with Crippen LogP contribution in [0, 0.1) is 0 Å². The lowest BCUT2D eigenvalue weighted by Crippen LogP contribution is -2.35. The molecule has 0 fully saturated rings. The van der Waals surface area contributed by atoms with E-state index in [4.69, 9.17) is 4.74 Å². The third-order valence-electron chi connectivity index (χ3n) is 3.65. The summed E-state index contributed by atoms with van der Waals surface area (Å²) in [5, 5.41) is 2.78. The van der Waals surface area contributed by atoms with E-state index in [0.717, 1.165) is 0 Å². The molecule has 4 rings (SSSR count). The Morgan fingerprint density at radius 2 is 1.58 bits per heavy atom. The van der Waals surface area contributed by atoms with Crippen molar-refractivity contribution < 1.29 is 14.3 Å². The van der Waals surface area contributed by atoms with Crippen LogP contribution in [0.1, 0.15) is 21.5 Å². The molecular formula is C15H9NO3. The number of rotatable bonds is 0. The van der Waals surface area contributed by atoms with E-state index in [9.17, 15) is 9.59 Å². The number of carbonyl (C=O) groups is 2. The van der Waals surface area contributed by atoms with Crippen molar-refractivity contribution in [1.82, 2.24) is 0 Å². The van der Waals surface area contributed by atoms with Gasteiger partial charge in [0.1, 0.15) is 0 Å². The molecule has 0 aromatic heterocycles. The first kappa shape index (κ1) is 10.3. The van der Waals surface area contributed by atoms with E-state index in [1.54, 1.807) is 30.3 Å². The van der Waals surface area contributed by atoms with Gasteiger partial charge in [0, 0.05) is 16.8 Å². The number of fused-ring (bicyclic) bond motifs is 4. The van der Waals surface area contributed by atoms with E-state index >= 15 is 0 Å². The van der Waals surface area contributed by atoms with Crippen molar-refractivity contribution in [2.24, 2.45) is 0 Å². The number of nitrogens with one attached hydrogen (secondary N) is 1. The Morgan fingerprint density at radius 3 is 2.42 bits per heavy atom. The van der Waals surface area contributed by atoms with Crippen LogP contribution in [0.15, 0.2) is 48.5 Å². The molecule has 4 heteroatoms. The van der Waals surface area contributed by atoms with Crippen LogP contribution >= 0.6 is 0 Å². The monoisotopic (exact) mass is 251 g/mol. The molecule has 0 aliphatic carbocycles. The molecule has 2 heterocycles. The zero-order chi connectivity index (χ0) is 13.0. The zero-order valence-electron chi connectivity index (χ0n) is 9.84. The lowest BCUT2D eigenvalue weighted by atomic mass is 9.87. The Hall–Kier alpha value is -2.62. The molecule has 2 aromatic rings. The summed E-state index contributed by atoms with van der Waals surface area (Å²) in [5.41, 5.74) is 1.14. The molecule has 0 saturated heterocycles. The lowest BCUT2D eigenvalue weighted by Gasteiger charge is -2.21. The van der Waals surface area contributed by atoms with E-state index in [1.807, 2.05) is 18.2 Å². The molecule has 1 amide bonds. The predicted octanol–water partition coefficient (Wildman–Crippen LogP) is 2.05. The maximum atomic E-state index is 12.4. The lowest BCUT2D eigenvalue weighted by molar-refractivity contribution is -0.129. The molecule has 1 N–H and O–H groups in total. The Balaban J connectivity index is 2.07. The van der Waals surface area contributed by atoms with Crippen molar-refractivity contribution in [2.45, 2.75) is 5.60 Å². The van der Waals surface area contributed by atoms with Gasteiger partial charge in [0.2, 0.25) is 5.60 Å². The van der Waals surface area contributed by atoms with Gasteiger partial charge in [0.25, 0.3) is 5.91 Å². The van der Waals surface area contributed by atoms with Gasteiger partial charge in [-0.25, -0.2) is 4.79 Å². The number of anilines is 1. The molecule has 0 saturated carbocycles. The highest BCUT2D eigenvalue weighted by Crippen LogP contribution is 2.48. The minimum atomic E-state index is -1.32. The minimum Gasteiger partial charge on any atom is -0.435 e. The van der Waals surface area contributed by atoms with Gasteiger partial charge < -0.3 is 10.1 Å². The summed E-state index contributed by atoms with van der Waals surface area (Å²) in [6.07, 6.45) is 0. The van der Waals surface area contributed by atoms with Gasteiger partial charge in [-0.2, -0.15) is 0 Å². The summed E-state index contributed by atoms with van der Waals surface area (Å²) < 4.78 is 5.47. The number of ether oxygens (including phenoxy) is 1. The van der Waals surface area contributed by atoms with E-state index in [-0.39, 0.29) is 5.91 Å². The molecule has 0 bridgehead atoms. The van der Waals surface area contributed by atoms with Crippen LogP contribution in [0.25, 0.3) is 0 Å². The fraction of sp³-hybridized carbons (Fsp3) is 0.0667. The Labute approximate surface area is 109 Å². The normalized spacial score (nSPS) is 22.9. The number of para-hydroxylation sites is 1. The van der Waals surface area contributed by atoms with Gasteiger partial charge in [0.15, 0.2) is 0 Å². The third-order valence-corrected chi connectivity index (χ3v) is 3.65. The van der Waals surface area contributed by atoms with E-state index in [1.165, 1.54) is 0 Å². The van der Waals surface area contributed by atoms with Crippen LogP contribution in [-0.4, -0.2) is 11.9 Å². The summed E-state index contributed by atoms with van der Waals surface area (Å²) in [5.74, 6) is -0.769. The van der Waals surface area contributed by atoms with E-state index in [0.29, 0.717) is 22.4 Å². The highest BCUT2D eigenvalue weighted by atomic mass is 16.6. The van der Waals surface area contributed by atoms with Crippen molar-refractivity contribution in [3.63, 3.8) is 0 Å². The molecule has 2 aliphatic heterocycles. The van der Waals surface area contributed by atoms with Crippen molar-refractivity contribution in [1.29, 1.82) is 0 Å². The Bertz CT molecular complexity index is 738. The smallest absolute Gasteiger partial charge is 0.340 e. The molecular weight excluding hydrogens is 242 g/mol. The molecule has 2 aromatic carbocycles. The number of esters is 1. The summed E-state index contributed by atoms with van der Waals surface area (Å²) in [6.45, 7) is 0. The van der Waals surface area contributed by atoms with Crippen LogP contribution in [0.5, 0.6) is 0 Å². The number of carbonyl (C=O) groups excluding carboxylic acids is 2. The van der Waals surface area contributed by atoms with Crippen molar-refractivity contribution in [2.75, 3.05) is 5.32 Å². The fourth-order valence-corrected chi connectivity index (χ4v) is 2.82. The second kappa shape index (κ2) is 3.23. The minimum absolute atomic E-state index is 0.313. The quantitative estimate of drug-likeness (QED) is 0.729. The standard InChI is InChI=1S/C15H9NO3/c17-13-9-5-1-2-6-10(9)15(19-13)11-7-3-4-8-12(11)16-14(15)18/h1-8H,(H,16,18). The number of amides is 1. The first-order valence-corrected chi connectivity index (χ1v) is 5.97. The average molecular weight is 251 g/mol. The first-order chi connectivity index (χ1) is 9.23. The van der Waals surface area contributed by atoms with Gasteiger partial charge in [-0.15, -0.1) is 0 Å². The number of hydrogen-bond donors (Lipinski definition) is 1. The molecule has 19 heavy (non-hydrogen) atoms.